The van der Waals surface area contributed by atoms with E-state index in [9.17, 15) is 29.1 Å². The lowest BCUT2D eigenvalue weighted by atomic mass is 10.0. The van der Waals surface area contributed by atoms with Crippen LogP contribution in [-0.2, 0) is 30.4 Å². The monoisotopic (exact) mass is 487 g/mol. The minimum Gasteiger partial charge on any atom is -0.481 e. The van der Waals surface area contributed by atoms with Crippen LogP contribution in [0.3, 0.4) is 0 Å². The standard InChI is InChI=1S/C23H29N5O7/c1-12(24)20(31)26-16(9-13-11-25-15-6-3-2-5-14(13)15)22(33)28-8-4-7-18(28)21(32)27-17(23(34)35)10-19(29)30/h2-3,5-6,11-12,16-18,25H,4,7-10,24H2,1H3,(H,26,31)(H,27,32)(H,29,30)(H,34,35). The van der Waals surface area contributed by atoms with E-state index >= 15 is 0 Å². The van der Waals surface area contributed by atoms with E-state index in [1.165, 1.54) is 11.8 Å². The van der Waals surface area contributed by atoms with Gasteiger partial charge in [0.15, 0.2) is 0 Å². The molecule has 3 amide bonds. The normalized spacial score (nSPS) is 18.0. The van der Waals surface area contributed by atoms with Gasteiger partial charge in [-0.2, -0.15) is 0 Å². The molecule has 0 bridgehead atoms. The molecule has 2 aromatic rings. The summed E-state index contributed by atoms with van der Waals surface area (Å²) in [6, 6.07) is 2.99. The zero-order chi connectivity index (χ0) is 25.7. The van der Waals surface area contributed by atoms with Crippen molar-refractivity contribution >= 4 is 40.6 Å². The van der Waals surface area contributed by atoms with Gasteiger partial charge in [-0.25, -0.2) is 4.79 Å². The van der Waals surface area contributed by atoms with Crippen molar-refractivity contribution in [3.8, 4) is 0 Å². The molecule has 7 N–H and O–H groups in total. The van der Waals surface area contributed by atoms with Crippen molar-refractivity contribution in [3.63, 3.8) is 0 Å². The van der Waals surface area contributed by atoms with Crippen molar-refractivity contribution in [3.05, 3.63) is 36.0 Å². The smallest absolute Gasteiger partial charge is 0.326 e. The van der Waals surface area contributed by atoms with Gasteiger partial charge in [-0.3, -0.25) is 19.2 Å². The number of aromatic amines is 1. The molecule has 3 rings (SSSR count). The van der Waals surface area contributed by atoms with Crippen LogP contribution in [0.5, 0.6) is 0 Å². The summed E-state index contributed by atoms with van der Waals surface area (Å²) >= 11 is 0. The van der Waals surface area contributed by atoms with Gasteiger partial charge in [0.2, 0.25) is 17.7 Å². The van der Waals surface area contributed by atoms with Gasteiger partial charge in [0.05, 0.1) is 12.5 Å². The van der Waals surface area contributed by atoms with E-state index in [-0.39, 0.29) is 19.4 Å². The van der Waals surface area contributed by atoms with Crippen LogP contribution in [-0.4, -0.2) is 80.5 Å². The highest BCUT2D eigenvalue weighted by atomic mass is 16.4. The lowest BCUT2D eigenvalue weighted by molar-refractivity contribution is -0.148. The number of likely N-dealkylation sites (tertiary alicyclic amines) is 1. The van der Waals surface area contributed by atoms with Crippen LogP contribution in [0.2, 0.25) is 0 Å². The van der Waals surface area contributed by atoms with E-state index in [0.717, 1.165) is 16.5 Å². The summed E-state index contributed by atoms with van der Waals surface area (Å²) < 4.78 is 0. The van der Waals surface area contributed by atoms with Crippen molar-refractivity contribution in [2.75, 3.05) is 6.54 Å². The molecule has 1 aliphatic rings. The fourth-order valence-electron chi connectivity index (χ4n) is 4.17. The van der Waals surface area contributed by atoms with E-state index < -0.39 is 60.2 Å². The van der Waals surface area contributed by atoms with Gasteiger partial charge in [0.25, 0.3) is 0 Å². The number of aromatic nitrogens is 1. The van der Waals surface area contributed by atoms with Crippen LogP contribution in [0.1, 0.15) is 31.7 Å². The third-order valence-electron chi connectivity index (χ3n) is 5.96. The zero-order valence-electron chi connectivity index (χ0n) is 19.2. The molecule has 1 aromatic carbocycles. The summed E-state index contributed by atoms with van der Waals surface area (Å²) in [5.41, 5.74) is 7.34. The molecule has 188 valence electrons. The minimum atomic E-state index is -1.63. The second kappa shape index (κ2) is 11.0. The fraction of sp³-hybridized carbons (Fsp3) is 0.435. The molecule has 0 radical (unpaired) electrons. The third kappa shape index (κ3) is 6.15. The number of carboxylic acid groups (broad SMARTS) is 2. The number of nitrogens with zero attached hydrogens (tertiary/aromatic N) is 1. The quantitative estimate of drug-likeness (QED) is 0.260. The Morgan fingerprint density at radius 3 is 2.51 bits per heavy atom. The number of fused-ring (bicyclic) bond motifs is 1. The van der Waals surface area contributed by atoms with Gasteiger partial charge < -0.3 is 36.5 Å². The third-order valence-corrected chi connectivity index (χ3v) is 5.96. The van der Waals surface area contributed by atoms with Crippen molar-refractivity contribution in [2.24, 2.45) is 5.73 Å². The number of hydrogen-bond acceptors (Lipinski definition) is 6. The van der Waals surface area contributed by atoms with Gasteiger partial charge in [0.1, 0.15) is 18.1 Å². The van der Waals surface area contributed by atoms with Crippen LogP contribution in [0.15, 0.2) is 30.5 Å². The molecular formula is C23H29N5O7. The number of H-pyrrole nitrogens is 1. The topological polar surface area (TPSA) is 195 Å². The predicted molar refractivity (Wildman–Crippen MR) is 124 cm³/mol. The molecule has 1 saturated heterocycles. The van der Waals surface area contributed by atoms with Gasteiger partial charge in [-0.05, 0) is 31.4 Å². The van der Waals surface area contributed by atoms with Crippen molar-refractivity contribution < 1.29 is 34.2 Å². The fourth-order valence-corrected chi connectivity index (χ4v) is 4.17. The molecular weight excluding hydrogens is 458 g/mol. The van der Waals surface area contributed by atoms with Crippen LogP contribution < -0.4 is 16.4 Å². The van der Waals surface area contributed by atoms with Crippen LogP contribution in [0.25, 0.3) is 10.9 Å². The molecule has 12 nitrogen and oxygen atoms in total. The lowest BCUT2D eigenvalue weighted by Gasteiger charge is -2.29. The Morgan fingerprint density at radius 1 is 1.14 bits per heavy atom. The molecule has 0 saturated carbocycles. The first-order valence-electron chi connectivity index (χ1n) is 11.2. The Balaban J connectivity index is 1.82. The Labute approximate surface area is 200 Å². The van der Waals surface area contributed by atoms with E-state index in [4.69, 9.17) is 10.8 Å². The molecule has 0 spiro atoms. The second-order valence-electron chi connectivity index (χ2n) is 8.60. The first kappa shape index (κ1) is 25.7. The number of carbonyl (C=O) groups excluding carboxylic acids is 3. The Morgan fingerprint density at radius 2 is 1.86 bits per heavy atom. The number of para-hydroxylation sites is 1. The van der Waals surface area contributed by atoms with E-state index in [0.29, 0.717) is 6.42 Å². The Hall–Kier alpha value is -3.93. The average molecular weight is 488 g/mol. The summed E-state index contributed by atoms with van der Waals surface area (Å²) in [6.07, 6.45) is 1.86. The molecule has 2 heterocycles. The van der Waals surface area contributed by atoms with Crippen LogP contribution in [0.4, 0.5) is 0 Å². The molecule has 4 atom stereocenters. The Bertz CT molecular complexity index is 1130. The van der Waals surface area contributed by atoms with Crippen molar-refractivity contribution in [2.45, 2.75) is 56.8 Å². The molecule has 0 aliphatic carbocycles. The summed E-state index contributed by atoms with van der Waals surface area (Å²) in [4.78, 5) is 65.5. The van der Waals surface area contributed by atoms with Crippen LogP contribution >= 0.6 is 0 Å². The number of nitrogens with one attached hydrogen (secondary N) is 3. The number of aliphatic carboxylic acids is 2. The van der Waals surface area contributed by atoms with Gasteiger partial charge in [-0.15, -0.1) is 0 Å². The number of amides is 3. The number of carbonyl (C=O) groups is 5. The predicted octanol–water partition coefficient (Wildman–Crippen LogP) is -0.422. The highest BCUT2D eigenvalue weighted by Crippen LogP contribution is 2.23. The Kier molecular flexibility index (Phi) is 8.07. The highest BCUT2D eigenvalue weighted by Gasteiger charge is 2.39. The maximum Gasteiger partial charge on any atom is 0.326 e. The number of carboxylic acids is 2. The maximum absolute atomic E-state index is 13.5. The number of nitrogens with two attached hydrogens (primary N) is 1. The van der Waals surface area contributed by atoms with Crippen molar-refractivity contribution in [1.29, 1.82) is 0 Å². The largest absolute Gasteiger partial charge is 0.481 e. The number of benzene rings is 1. The number of rotatable bonds is 10. The molecule has 4 unspecified atom stereocenters. The van der Waals surface area contributed by atoms with Gasteiger partial charge in [-0.1, -0.05) is 18.2 Å². The summed E-state index contributed by atoms with van der Waals surface area (Å²) in [5.74, 6) is -4.66. The summed E-state index contributed by atoms with van der Waals surface area (Å²) in [5, 5.41) is 23.9. The van der Waals surface area contributed by atoms with Crippen LogP contribution in [0, 0.1) is 0 Å². The first-order chi connectivity index (χ1) is 16.6. The molecule has 1 fully saturated rings. The van der Waals surface area contributed by atoms with Gasteiger partial charge >= 0.3 is 11.9 Å². The molecule has 12 heteroatoms. The average Bonchev–Trinajstić information content (AvgIpc) is 3.45. The highest BCUT2D eigenvalue weighted by molar-refractivity contribution is 5.95. The number of hydrogen-bond donors (Lipinski definition) is 6. The molecule has 35 heavy (non-hydrogen) atoms. The SMILES string of the molecule is CC(N)C(=O)NC(Cc1c[nH]c2ccccc12)C(=O)N1CCCC1C(=O)NC(CC(=O)O)C(=O)O. The first-order valence-corrected chi connectivity index (χ1v) is 11.2. The summed E-state index contributed by atoms with van der Waals surface area (Å²) in [6.45, 7) is 1.72. The van der Waals surface area contributed by atoms with Crippen molar-refractivity contribution in [1.82, 2.24) is 20.5 Å². The lowest BCUT2D eigenvalue weighted by Crippen LogP contribution is -2.57. The van der Waals surface area contributed by atoms with E-state index in [2.05, 4.69) is 15.6 Å². The second-order valence-corrected chi connectivity index (χ2v) is 8.60. The van der Waals surface area contributed by atoms with Gasteiger partial charge in [0, 0.05) is 30.1 Å². The maximum atomic E-state index is 13.5. The minimum absolute atomic E-state index is 0.142. The zero-order valence-corrected chi connectivity index (χ0v) is 19.2. The molecule has 1 aliphatic heterocycles. The van der Waals surface area contributed by atoms with E-state index in [1.54, 1.807) is 6.20 Å². The summed E-state index contributed by atoms with van der Waals surface area (Å²) in [7, 11) is 0. The van der Waals surface area contributed by atoms with E-state index in [1.807, 2.05) is 24.3 Å². The molecule has 1 aromatic heterocycles.